The van der Waals surface area contributed by atoms with E-state index in [0.717, 1.165) is 38.0 Å². The van der Waals surface area contributed by atoms with Crippen molar-refractivity contribution < 1.29 is 4.79 Å². The lowest BCUT2D eigenvalue weighted by molar-refractivity contribution is -0.117. The third-order valence-electron chi connectivity index (χ3n) is 3.20. The molecule has 0 aromatic rings. The number of ketones is 1. The van der Waals surface area contributed by atoms with Gasteiger partial charge in [0, 0.05) is 19.5 Å². The maximum absolute atomic E-state index is 11.8. The Morgan fingerprint density at radius 2 is 2.00 bits per heavy atom. The van der Waals surface area contributed by atoms with Crippen molar-refractivity contribution in [2.75, 3.05) is 13.1 Å². The summed E-state index contributed by atoms with van der Waals surface area (Å²) in [5, 5.41) is 0. The van der Waals surface area contributed by atoms with Crippen LogP contribution in [-0.4, -0.2) is 23.8 Å². The average Bonchev–Trinajstić information content (AvgIpc) is 2.19. The lowest BCUT2D eigenvalue weighted by atomic mass is 9.88. The van der Waals surface area contributed by atoms with E-state index in [-0.39, 0.29) is 0 Å². The number of Topliss-reactive ketones (excluding diaryl/α,β-unsaturated/α-hetero) is 1. The highest BCUT2D eigenvalue weighted by Crippen LogP contribution is 2.31. The van der Waals surface area contributed by atoms with E-state index in [1.165, 1.54) is 24.8 Å². The minimum atomic E-state index is 0.402. The van der Waals surface area contributed by atoms with Crippen LogP contribution in [0.4, 0.5) is 0 Å². The molecule has 0 radical (unpaired) electrons. The zero-order valence-electron chi connectivity index (χ0n) is 9.01. The minimum Gasteiger partial charge on any atom is -0.369 e. The second-order valence-electron chi connectivity index (χ2n) is 4.32. The zero-order chi connectivity index (χ0) is 9.97. The van der Waals surface area contributed by atoms with Crippen LogP contribution in [0.25, 0.3) is 0 Å². The third kappa shape index (κ3) is 1.70. The third-order valence-corrected chi connectivity index (χ3v) is 3.20. The van der Waals surface area contributed by atoms with Gasteiger partial charge in [-0.05, 0) is 37.7 Å². The smallest absolute Gasteiger partial charge is 0.178 e. The molecule has 2 nitrogen and oxygen atoms in total. The molecule has 1 heterocycles. The molecular weight excluding hydrogens is 174 g/mol. The number of hydrogen-bond acceptors (Lipinski definition) is 2. The molecule has 1 aliphatic carbocycles. The Hall–Kier alpha value is -0.790. The molecule has 14 heavy (non-hydrogen) atoms. The number of allylic oxidation sites excluding steroid dienone is 2. The summed E-state index contributed by atoms with van der Waals surface area (Å²) in [7, 11) is 0. The molecule has 0 aromatic carbocycles. The van der Waals surface area contributed by atoms with Crippen molar-refractivity contribution in [3.8, 4) is 0 Å². The molecule has 2 aliphatic rings. The fourth-order valence-corrected chi connectivity index (χ4v) is 2.63. The maximum Gasteiger partial charge on any atom is 0.178 e. The molecule has 0 atom stereocenters. The predicted octanol–water partition coefficient (Wildman–Crippen LogP) is 2.50. The van der Waals surface area contributed by atoms with Crippen molar-refractivity contribution in [2.24, 2.45) is 0 Å². The first-order valence-electron chi connectivity index (χ1n) is 5.83. The van der Waals surface area contributed by atoms with Gasteiger partial charge >= 0.3 is 0 Å². The van der Waals surface area contributed by atoms with Crippen LogP contribution in [0.5, 0.6) is 0 Å². The van der Waals surface area contributed by atoms with E-state index in [1.54, 1.807) is 0 Å². The Morgan fingerprint density at radius 1 is 1.21 bits per heavy atom. The van der Waals surface area contributed by atoms with Crippen molar-refractivity contribution in [1.82, 2.24) is 4.90 Å². The second-order valence-corrected chi connectivity index (χ2v) is 4.32. The molecule has 0 saturated heterocycles. The molecule has 0 N–H and O–H groups in total. The Morgan fingerprint density at radius 3 is 2.79 bits per heavy atom. The number of hydrogen-bond donors (Lipinski definition) is 0. The average molecular weight is 193 g/mol. The fourth-order valence-electron chi connectivity index (χ4n) is 2.63. The van der Waals surface area contributed by atoms with E-state index in [4.69, 9.17) is 0 Å². The Labute approximate surface area is 86.0 Å². The van der Waals surface area contributed by atoms with Crippen molar-refractivity contribution in [2.45, 2.75) is 45.4 Å². The van der Waals surface area contributed by atoms with Crippen LogP contribution in [0, 0.1) is 0 Å². The number of rotatable bonds is 2. The van der Waals surface area contributed by atoms with E-state index in [2.05, 4.69) is 11.8 Å². The zero-order valence-corrected chi connectivity index (χ0v) is 9.01. The number of nitrogens with zero attached hydrogens (tertiary/aromatic N) is 1. The van der Waals surface area contributed by atoms with Crippen LogP contribution in [0.3, 0.4) is 0 Å². The number of carbonyl (C=O) groups excluding carboxylic acids is 1. The molecule has 0 bridgehead atoms. The normalized spacial score (nSPS) is 22.6. The summed E-state index contributed by atoms with van der Waals surface area (Å²) >= 11 is 0. The van der Waals surface area contributed by atoms with Crippen LogP contribution < -0.4 is 0 Å². The summed E-state index contributed by atoms with van der Waals surface area (Å²) in [6.07, 6.45) is 6.58. The summed E-state index contributed by atoms with van der Waals surface area (Å²) < 4.78 is 0. The van der Waals surface area contributed by atoms with Gasteiger partial charge in [0.15, 0.2) is 5.78 Å². The highest BCUT2D eigenvalue weighted by atomic mass is 16.1. The summed E-state index contributed by atoms with van der Waals surface area (Å²) in [6, 6.07) is 0. The van der Waals surface area contributed by atoms with Gasteiger partial charge in [0.2, 0.25) is 0 Å². The summed E-state index contributed by atoms with van der Waals surface area (Å²) in [4.78, 5) is 14.1. The lowest BCUT2D eigenvalue weighted by Gasteiger charge is -2.35. The van der Waals surface area contributed by atoms with Crippen LogP contribution in [-0.2, 0) is 4.79 Å². The van der Waals surface area contributed by atoms with Crippen LogP contribution in [0.15, 0.2) is 11.3 Å². The largest absolute Gasteiger partial charge is 0.369 e. The van der Waals surface area contributed by atoms with Gasteiger partial charge in [-0.15, -0.1) is 0 Å². The first-order valence-corrected chi connectivity index (χ1v) is 5.83. The molecular formula is C12H19NO. The Balaban J connectivity index is 2.23. The number of carbonyl (C=O) groups is 1. The highest BCUT2D eigenvalue weighted by Gasteiger charge is 2.27. The molecule has 0 fully saturated rings. The quantitative estimate of drug-likeness (QED) is 0.671. The van der Waals surface area contributed by atoms with Crippen LogP contribution in [0.1, 0.15) is 45.4 Å². The standard InChI is InChI=1S/C12H19NO/c1-2-8-13-9-4-6-10-5-3-7-11(14)12(10)13/h2-9H2,1H3. The SMILES string of the molecule is CCCN1CCCC2=C1C(=O)CCC2. The van der Waals surface area contributed by atoms with Gasteiger partial charge in [0.1, 0.15) is 0 Å². The Bertz CT molecular complexity index is 263. The van der Waals surface area contributed by atoms with Crippen LogP contribution in [0.2, 0.25) is 0 Å². The molecule has 0 aromatic heterocycles. The monoisotopic (exact) mass is 193 g/mol. The summed E-state index contributed by atoms with van der Waals surface area (Å²) in [5.74, 6) is 0.402. The maximum atomic E-state index is 11.8. The van der Waals surface area contributed by atoms with Crippen molar-refractivity contribution in [1.29, 1.82) is 0 Å². The van der Waals surface area contributed by atoms with E-state index >= 15 is 0 Å². The first kappa shape index (κ1) is 9.75. The van der Waals surface area contributed by atoms with E-state index < -0.39 is 0 Å². The molecule has 0 amide bonds. The van der Waals surface area contributed by atoms with E-state index in [1.807, 2.05) is 0 Å². The minimum absolute atomic E-state index is 0.402. The van der Waals surface area contributed by atoms with Crippen LogP contribution >= 0.6 is 0 Å². The van der Waals surface area contributed by atoms with Gasteiger partial charge in [0.25, 0.3) is 0 Å². The van der Waals surface area contributed by atoms with E-state index in [0.29, 0.717) is 5.78 Å². The Kier molecular flexibility index (Phi) is 2.90. The van der Waals surface area contributed by atoms with E-state index in [9.17, 15) is 4.79 Å². The highest BCUT2D eigenvalue weighted by molar-refractivity contribution is 5.96. The summed E-state index contributed by atoms with van der Waals surface area (Å²) in [6.45, 7) is 4.34. The molecule has 0 unspecified atom stereocenters. The predicted molar refractivity (Wildman–Crippen MR) is 57.0 cm³/mol. The molecule has 0 saturated carbocycles. The first-order chi connectivity index (χ1) is 6.83. The van der Waals surface area contributed by atoms with Gasteiger partial charge in [-0.3, -0.25) is 4.79 Å². The second kappa shape index (κ2) is 4.16. The fraction of sp³-hybridized carbons (Fsp3) is 0.750. The summed E-state index contributed by atoms with van der Waals surface area (Å²) in [5.41, 5.74) is 2.55. The molecule has 2 heteroatoms. The van der Waals surface area contributed by atoms with Gasteiger partial charge in [-0.1, -0.05) is 6.92 Å². The topological polar surface area (TPSA) is 20.3 Å². The van der Waals surface area contributed by atoms with Crippen molar-refractivity contribution >= 4 is 5.78 Å². The molecule has 2 rings (SSSR count). The van der Waals surface area contributed by atoms with Crippen molar-refractivity contribution in [3.63, 3.8) is 0 Å². The van der Waals surface area contributed by atoms with Gasteiger partial charge in [-0.2, -0.15) is 0 Å². The van der Waals surface area contributed by atoms with Gasteiger partial charge in [0.05, 0.1) is 5.70 Å². The molecule has 1 aliphatic heterocycles. The van der Waals surface area contributed by atoms with Gasteiger partial charge in [-0.25, -0.2) is 0 Å². The molecule has 0 spiro atoms. The van der Waals surface area contributed by atoms with Crippen molar-refractivity contribution in [3.05, 3.63) is 11.3 Å². The molecule has 78 valence electrons. The lowest BCUT2D eigenvalue weighted by Crippen LogP contribution is -2.35. The van der Waals surface area contributed by atoms with Gasteiger partial charge < -0.3 is 4.90 Å².